The number of halogens is 3. The van der Waals surface area contributed by atoms with Gasteiger partial charge in [-0.25, -0.2) is 13.2 Å². The van der Waals surface area contributed by atoms with Crippen molar-refractivity contribution in [3.63, 3.8) is 0 Å². The molecule has 2 nitrogen and oxygen atoms in total. The Morgan fingerprint density at radius 3 is 2.05 bits per heavy atom. The van der Waals surface area contributed by atoms with E-state index in [0.29, 0.717) is 11.8 Å². The van der Waals surface area contributed by atoms with Crippen LogP contribution in [-0.4, -0.2) is 13.2 Å². The summed E-state index contributed by atoms with van der Waals surface area (Å²) in [6.07, 6.45) is 0. The third-order valence-corrected chi connectivity index (χ3v) is 3.49. The molecule has 0 heterocycles. The van der Waals surface area contributed by atoms with Crippen LogP contribution in [0, 0.1) is 17.5 Å². The highest BCUT2D eigenvalue weighted by Crippen LogP contribution is 2.41. The summed E-state index contributed by atoms with van der Waals surface area (Å²) >= 11 is 1.39. The molecule has 0 fully saturated rings. The third-order valence-electron chi connectivity index (χ3n) is 1.96. The predicted octanol–water partition coefficient (Wildman–Crippen LogP) is 3.91. The minimum absolute atomic E-state index is 0.00904. The van der Waals surface area contributed by atoms with E-state index in [2.05, 4.69) is 13.2 Å². The molecule has 0 aliphatic heterocycles. The molecule has 0 saturated heterocycles. The first-order valence-electron chi connectivity index (χ1n) is 5.16. The van der Waals surface area contributed by atoms with Crippen molar-refractivity contribution in [1.29, 1.82) is 0 Å². The molecule has 19 heavy (non-hydrogen) atoms. The lowest BCUT2D eigenvalue weighted by Gasteiger charge is -2.14. The normalized spacial score (nSPS) is 10.3. The van der Waals surface area contributed by atoms with Gasteiger partial charge < -0.3 is 10.5 Å². The second-order valence-electron chi connectivity index (χ2n) is 3.14. The van der Waals surface area contributed by atoms with Crippen molar-refractivity contribution in [2.24, 2.45) is 5.73 Å². The molecule has 0 aromatic heterocycles. The maximum atomic E-state index is 14.1. The Morgan fingerprint density at radius 1 is 1.00 bits per heavy atom. The van der Waals surface area contributed by atoms with Crippen molar-refractivity contribution < 1.29 is 17.9 Å². The number of nitrogens with two attached hydrogens (primary N) is 1. The van der Waals surface area contributed by atoms with Crippen molar-refractivity contribution in [2.45, 2.75) is 9.79 Å². The van der Waals surface area contributed by atoms with E-state index in [-0.39, 0.29) is 23.8 Å². The maximum absolute atomic E-state index is 14.1. The molecular formula is C12H12F3NOS2. The molecule has 0 aliphatic rings. The number of benzene rings is 1. The van der Waals surface area contributed by atoms with E-state index in [0.717, 1.165) is 11.8 Å². The average molecular weight is 307 g/mol. The van der Waals surface area contributed by atoms with Crippen LogP contribution in [-0.2, 0) is 0 Å². The van der Waals surface area contributed by atoms with Crippen LogP contribution in [0.1, 0.15) is 0 Å². The zero-order valence-electron chi connectivity index (χ0n) is 9.92. The molecule has 0 amide bonds. The molecule has 0 saturated carbocycles. The lowest BCUT2D eigenvalue weighted by molar-refractivity contribution is 0.290. The molecule has 0 radical (unpaired) electrons. The van der Waals surface area contributed by atoms with E-state index in [4.69, 9.17) is 10.5 Å². The van der Waals surface area contributed by atoms with Gasteiger partial charge in [-0.15, -0.1) is 0 Å². The fourth-order valence-electron chi connectivity index (χ4n) is 1.26. The van der Waals surface area contributed by atoms with E-state index < -0.39 is 22.3 Å². The van der Waals surface area contributed by atoms with Gasteiger partial charge in [0.2, 0.25) is 0 Å². The van der Waals surface area contributed by atoms with Crippen LogP contribution < -0.4 is 10.5 Å². The van der Waals surface area contributed by atoms with E-state index in [1.807, 2.05) is 0 Å². The second kappa shape index (κ2) is 7.52. The first kappa shape index (κ1) is 16.0. The summed E-state index contributed by atoms with van der Waals surface area (Å²) in [5.41, 5.74) is 5.25. The number of hydrogen-bond donors (Lipinski definition) is 1. The van der Waals surface area contributed by atoms with Gasteiger partial charge >= 0.3 is 0 Å². The lowest BCUT2D eigenvalue weighted by atomic mass is 10.3. The molecule has 0 aliphatic carbocycles. The molecule has 0 bridgehead atoms. The van der Waals surface area contributed by atoms with E-state index in [1.165, 1.54) is 10.8 Å². The summed E-state index contributed by atoms with van der Waals surface area (Å²) in [6.45, 7) is 6.85. The molecule has 1 aromatic carbocycles. The first-order valence-corrected chi connectivity index (χ1v) is 6.92. The van der Waals surface area contributed by atoms with Gasteiger partial charge in [-0.3, -0.25) is 0 Å². The van der Waals surface area contributed by atoms with Crippen molar-refractivity contribution in [1.82, 2.24) is 0 Å². The van der Waals surface area contributed by atoms with Crippen molar-refractivity contribution >= 4 is 23.5 Å². The fraction of sp³-hybridized carbons (Fsp3) is 0.167. The van der Waals surface area contributed by atoms with Crippen LogP contribution >= 0.6 is 23.5 Å². The average Bonchev–Trinajstić information content (AvgIpc) is 2.40. The first-order chi connectivity index (χ1) is 9.08. The Balaban J connectivity index is 3.44. The number of ether oxygens (including phenoxy) is 1. The SMILES string of the molecule is C=CSc1c(F)c(F)c(SC=C)c(OCCN)c1F. The number of hydrogen-bond acceptors (Lipinski definition) is 4. The summed E-state index contributed by atoms with van der Waals surface area (Å²) in [5.74, 6) is -3.78. The highest BCUT2D eigenvalue weighted by molar-refractivity contribution is 8.02. The van der Waals surface area contributed by atoms with E-state index in [1.54, 1.807) is 0 Å². The van der Waals surface area contributed by atoms with Gasteiger partial charge in [0.1, 0.15) is 6.61 Å². The topological polar surface area (TPSA) is 35.2 Å². The molecular weight excluding hydrogens is 295 g/mol. The Bertz CT molecular complexity index is 495. The standard InChI is InChI=1S/C12H12F3NOS2/c1-3-18-11-7(13)8(14)12(19-4-2)10(9(11)15)17-6-5-16/h3-4H,1-2,5-6,16H2. The van der Waals surface area contributed by atoms with Crippen LogP contribution in [0.25, 0.3) is 0 Å². The lowest BCUT2D eigenvalue weighted by Crippen LogP contribution is -2.13. The Kier molecular flexibility index (Phi) is 6.33. The second-order valence-corrected chi connectivity index (χ2v) is 5.09. The van der Waals surface area contributed by atoms with Crippen LogP contribution in [0.15, 0.2) is 33.8 Å². The third kappa shape index (κ3) is 3.49. The van der Waals surface area contributed by atoms with Crippen molar-refractivity contribution in [2.75, 3.05) is 13.2 Å². The van der Waals surface area contributed by atoms with Crippen LogP contribution in [0.2, 0.25) is 0 Å². The summed E-state index contributed by atoms with van der Waals surface area (Å²) in [5, 5.41) is 2.46. The molecule has 2 N–H and O–H groups in total. The van der Waals surface area contributed by atoms with Crippen molar-refractivity contribution in [3.05, 3.63) is 41.4 Å². The van der Waals surface area contributed by atoms with Gasteiger partial charge in [-0.1, -0.05) is 36.7 Å². The molecule has 1 aromatic rings. The van der Waals surface area contributed by atoms with E-state index >= 15 is 0 Å². The quantitative estimate of drug-likeness (QED) is 0.612. The minimum atomic E-state index is -1.27. The minimum Gasteiger partial charge on any atom is -0.488 e. The smallest absolute Gasteiger partial charge is 0.183 e. The highest BCUT2D eigenvalue weighted by Gasteiger charge is 2.26. The van der Waals surface area contributed by atoms with Gasteiger partial charge in [0.25, 0.3) is 0 Å². The Morgan fingerprint density at radius 2 is 1.53 bits per heavy atom. The zero-order chi connectivity index (χ0) is 14.4. The molecule has 1 rings (SSSR count). The highest BCUT2D eigenvalue weighted by atomic mass is 32.2. The van der Waals surface area contributed by atoms with Gasteiger partial charge in [0, 0.05) is 6.54 Å². The molecule has 0 spiro atoms. The van der Waals surface area contributed by atoms with Crippen LogP contribution in [0.3, 0.4) is 0 Å². The number of rotatable bonds is 7. The van der Waals surface area contributed by atoms with Crippen LogP contribution in [0.4, 0.5) is 13.2 Å². The van der Waals surface area contributed by atoms with Gasteiger partial charge in [-0.2, -0.15) is 0 Å². The van der Waals surface area contributed by atoms with Gasteiger partial charge in [0.05, 0.1) is 9.79 Å². The van der Waals surface area contributed by atoms with Gasteiger partial charge in [-0.05, 0) is 10.8 Å². The molecule has 7 heteroatoms. The molecule has 0 atom stereocenters. The summed E-state index contributed by atoms with van der Waals surface area (Å²) in [6, 6.07) is 0. The summed E-state index contributed by atoms with van der Waals surface area (Å²) in [4.78, 5) is -0.778. The molecule has 104 valence electrons. The number of thioether (sulfide) groups is 2. The Hall–Kier alpha value is -1.05. The summed E-state index contributed by atoms with van der Waals surface area (Å²) < 4.78 is 46.8. The largest absolute Gasteiger partial charge is 0.488 e. The maximum Gasteiger partial charge on any atom is 0.183 e. The van der Waals surface area contributed by atoms with E-state index in [9.17, 15) is 13.2 Å². The fourth-order valence-corrected chi connectivity index (χ4v) is 2.43. The predicted molar refractivity (Wildman–Crippen MR) is 73.0 cm³/mol. The summed E-state index contributed by atoms with van der Waals surface area (Å²) in [7, 11) is 0. The van der Waals surface area contributed by atoms with Gasteiger partial charge in [0.15, 0.2) is 23.2 Å². The zero-order valence-corrected chi connectivity index (χ0v) is 11.6. The van der Waals surface area contributed by atoms with Crippen LogP contribution in [0.5, 0.6) is 5.75 Å². The molecule has 0 unspecified atom stereocenters. The van der Waals surface area contributed by atoms with Crippen molar-refractivity contribution in [3.8, 4) is 5.75 Å². The monoisotopic (exact) mass is 307 g/mol. The Labute approximate surface area is 117 Å².